The number of nitrogens with zero attached hydrogens (tertiary/aromatic N) is 2. The van der Waals surface area contributed by atoms with Crippen molar-refractivity contribution in [2.45, 2.75) is 24.3 Å². The summed E-state index contributed by atoms with van der Waals surface area (Å²) in [6.07, 6.45) is 0. The highest BCUT2D eigenvalue weighted by Crippen LogP contribution is 2.18. The van der Waals surface area contributed by atoms with E-state index in [-0.39, 0.29) is 18.0 Å². The van der Waals surface area contributed by atoms with E-state index >= 15 is 0 Å². The third kappa shape index (κ3) is 4.32. The van der Waals surface area contributed by atoms with Crippen molar-refractivity contribution in [3.8, 4) is 0 Å². The van der Waals surface area contributed by atoms with E-state index in [1.165, 1.54) is 11.2 Å². The number of aliphatic hydroxyl groups is 1. The van der Waals surface area contributed by atoms with Crippen LogP contribution in [0.4, 0.5) is 0 Å². The van der Waals surface area contributed by atoms with Crippen molar-refractivity contribution in [1.82, 2.24) is 9.21 Å². The van der Waals surface area contributed by atoms with Gasteiger partial charge in [-0.05, 0) is 26.0 Å². The van der Waals surface area contributed by atoms with Crippen molar-refractivity contribution in [3.05, 3.63) is 30.3 Å². The van der Waals surface area contributed by atoms with Gasteiger partial charge in [-0.3, -0.25) is 4.90 Å². The van der Waals surface area contributed by atoms with Gasteiger partial charge in [-0.15, -0.1) is 0 Å². The Morgan fingerprint density at radius 1 is 1.21 bits per heavy atom. The van der Waals surface area contributed by atoms with Crippen LogP contribution in [0.1, 0.15) is 13.8 Å². The normalized spacial score (nSPS) is 19.6. The first kappa shape index (κ1) is 18.9. The van der Waals surface area contributed by atoms with E-state index < -0.39 is 21.6 Å². The lowest BCUT2D eigenvalue weighted by Crippen LogP contribution is -2.54. The average molecular weight is 356 g/mol. The number of β-amino-alcohol motifs (C(OH)–C–C–N with tert-alkyl or cyclic N) is 1. The standard InChI is InChI=1S/C16H24N2O5S/c1-3-23-15(19)16(2,20)13-17-9-11-18(12-10-17)24(21,22)14-7-5-4-6-8-14/h4-8,20H,3,9-13H2,1-2H3/t16-/m1/s1. The molecule has 1 aliphatic rings. The van der Waals surface area contributed by atoms with Gasteiger partial charge in [-0.2, -0.15) is 4.31 Å². The predicted octanol–water partition coefficient (Wildman–Crippen LogP) is 0.307. The number of carbonyl (C=O) groups is 1. The fraction of sp³-hybridized carbons (Fsp3) is 0.562. The molecule has 0 spiro atoms. The van der Waals surface area contributed by atoms with Gasteiger partial charge in [0.05, 0.1) is 11.5 Å². The second-order valence-corrected chi connectivity index (χ2v) is 7.93. The highest BCUT2D eigenvalue weighted by molar-refractivity contribution is 7.89. The van der Waals surface area contributed by atoms with Crippen LogP contribution in [0.3, 0.4) is 0 Å². The molecular formula is C16H24N2O5S. The quantitative estimate of drug-likeness (QED) is 0.738. The molecule has 0 unspecified atom stereocenters. The molecule has 8 heteroatoms. The minimum Gasteiger partial charge on any atom is -0.464 e. The van der Waals surface area contributed by atoms with E-state index in [1.807, 2.05) is 4.90 Å². The fourth-order valence-corrected chi connectivity index (χ4v) is 4.10. The van der Waals surface area contributed by atoms with Crippen molar-refractivity contribution >= 4 is 16.0 Å². The Bertz CT molecular complexity index is 652. The van der Waals surface area contributed by atoms with Crippen LogP contribution >= 0.6 is 0 Å². The molecule has 0 aromatic heterocycles. The minimum atomic E-state index is -3.50. The Hall–Kier alpha value is -1.48. The largest absolute Gasteiger partial charge is 0.464 e. The summed E-state index contributed by atoms with van der Waals surface area (Å²) in [6.45, 7) is 4.94. The summed E-state index contributed by atoms with van der Waals surface area (Å²) in [7, 11) is -3.50. The Morgan fingerprint density at radius 2 is 1.79 bits per heavy atom. The van der Waals surface area contributed by atoms with Crippen LogP contribution in [-0.2, 0) is 19.6 Å². The zero-order valence-corrected chi connectivity index (χ0v) is 14.8. The second kappa shape index (κ2) is 7.60. The molecule has 7 nitrogen and oxygen atoms in total. The molecule has 1 atom stereocenters. The van der Waals surface area contributed by atoms with Crippen molar-refractivity contribution in [2.75, 3.05) is 39.3 Å². The number of piperazine rings is 1. The molecule has 1 fully saturated rings. The molecule has 0 amide bonds. The van der Waals surface area contributed by atoms with Crippen LogP contribution in [0.25, 0.3) is 0 Å². The zero-order chi connectivity index (χ0) is 17.8. The van der Waals surface area contributed by atoms with Crippen molar-refractivity contribution in [2.24, 2.45) is 0 Å². The maximum absolute atomic E-state index is 12.6. The first-order chi connectivity index (χ1) is 11.3. The lowest BCUT2D eigenvalue weighted by molar-refractivity contribution is -0.165. The third-order valence-electron chi connectivity index (χ3n) is 3.96. The van der Waals surface area contributed by atoms with Gasteiger partial charge >= 0.3 is 5.97 Å². The molecule has 24 heavy (non-hydrogen) atoms. The molecule has 0 saturated carbocycles. The first-order valence-electron chi connectivity index (χ1n) is 7.94. The van der Waals surface area contributed by atoms with Gasteiger partial charge in [0, 0.05) is 32.7 Å². The fourth-order valence-electron chi connectivity index (χ4n) is 2.66. The number of rotatable bonds is 6. The van der Waals surface area contributed by atoms with Crippen LogP contribution in [0.2, 0.25) is 0 Å². The summed E-state index contributed by atoms with van der Waals surface area (Å²) in [6, 6.07) is 8.31. The summed E-state index contributed by atoms with van der Waals surface area (Å²) >= 11 is 0. The van der Waals surface area contributed by atoms with E-state index in [1.54, 1.807) is 37.3 Å². The number of esters is 1. The molecule has 0 radical (unpaired) electrons. The average Bonchev–Trinajstić information content (AvgIpc) is 2.56. The van der Waals surface area contributed by atoms with Crippen molar-refractivity contribution in [3.63, 3.8) is 0 Å². The van der Waals surface area contributed by atoms with Gasteiger partial charge in [-0.1, -0.05) is 18.2 Å². The Morgan fingerprint density at radius 3 is 2.33 bits per heavy atom. The van der Waals surface area contributed by atoms with Gasteiger partial charge in [0.1, 0.15) is 0 Å². The zero-order valence-electron chi connectivity index (χ0n) is 14.0. The molecule has 1 N–H and O–H groups in total. The maximum atomic E-state index is 12.6. The predicted molar refractivity (Wildman–Crippen MR) is 88.9 cm³/mol. The first-order valence-corrected chi connectivity index (χ1v) is 9.38. The van der Waals surface area contributed by atoms with E-state index in [9.17, 15) is 18.3 Å². The third-order valence-corrected chi connectivity index (χ3v) is 5.87. The lowest BCUT2D eigenvalue weighted by atomic mass is 10.1. The van der Waals surface area contributed by atoms with Crippen LogP contribution in [0.15, 0.2) is 35.2 Å². The Labute approximate surface area is 142 Å². The Kier molecular flexibility index (Phi) is 5.97. The number of sulfonamides is 1. The van der Waals surface area contributed by atoms with E-state index in [0.717, 1.165) is 0 Å². The molecule has 1 aromatic carbocycles. The van der Waals surface area contributed by atoms with Crippen molar-refractivity contribution < 1.29 is 23.1 Å². The van der Waals surface area contributed by atoms with Crippen LogP contribution in [0, 0.1) is 0 Å². The highest BCUT2D eigenvalue weighted by atomic mass is 32.2. The lowest BCUT2D eigenvalue weighted by Gasteiger charge is -2.36. The number of benzene rings is 1. The van der Waals surface area contributed by atoms with E-state index in [4.69, 9.17) is 4.74 Å². The topological polar surface area (TPSA) is 87.2 Å². The molecule has 1 saturated heterocycles. The second-order valence-electron chi connectivity index (χ2n) is 5.99. The summed E-state index contributed by atoms with van der Waals surface area (Å²) in [5.41, 5.74) is -1.60. The van der Waals surface area contributed by atoms with Gasteiger partial charge in [0.2, 0.25) is 10.0 Å². The maximum Gasteiger partial charge on any atom is 0.339 e. The highest BCUT2D eigenvalue weighted by Gasteiger charge is 2.36. The van der Waals surface area contributed by atoms with Gasteiger partial charge in [0.15, 0.2) is 5.60 Å². The molecular weight excluding hydrogens is 332 g/mol. The summed E-state index contributed by atoms with van der Waals surface area (Å²) in [5.74, 6) is -0.663. The monoisotopic (exact) mass is 356 g/mol. The SMILES string of the molecule is CCOC(=O)[C@](C)(O)CN1CCN(S(=O)(=O)c2ccccc2)CC1. The summed E-state index contributed by atoms with van der Waals surface area (Å²) in [5, 5.41) is 10.2. The minimum absolute atomic E-state index is 0.116. The van der Waals surface area contributed by atoms with Crippen LogP contribution in [0.5, 0.6) is 0 Å². The van der Waals surface area contributed by atoms with Crippen LogP contribution < -0.4 is 0 Å². The number of ether oxygens (including phenoxy) is 1. The number of hydrogen-bond acceptors (Lipinski definition) is 6. The van der Waals surface area contributed by atoms with Gasteiger partial charge in [-0.25, -0.2) is 13.2 Å². The summed E-state index contributed by atoms with van der Waals surface area (Å²) < 4.78 is 31.4. The van der Waals surface area contributed by atoms with E-state index in [2.05, 4.69) is 0 Å². The molecule has 134 valence electrons. The smallest absolute Gasteiger partial charge is 0.339 e. The number of hydrogen-bond donors (Lipinski definition) is 1. The molecule has 0 aliphatic carbocycles. The number of carbonyl (C=O) groups excluding carboxylic acids is 1. The molecule has 0 bridgehead atoms. The molecule has 1 aromatic rings. The van der Waals surface area contributed by atoms with Crippen molar-refractivity contribution in [1.29, 1.82) is 0 Å². The van der Waals surface area contributed by atoms with E-state index in [0.29, 0.717) is 26.2 Å². The summed E-state index contributed by atoms with van der Waals surface area (Å²) in [4.78, 5) is 13.9. The van der Waals surface area contributed by atoms with Crippen LogP contribution in [-0.4, -0.2) is 73.6 Å². The molecule has 1 heterocycles. The van der Waals surface area contributed by atoms with Gasteiger partial charge < -0.3 is 9.84 Å². The Balaban J connectivity index is 1.95. The molecule has 1 aliphatic heterocycles. The molecule has 2 rings (SSSR count). The van der Waals surface area contributed by atoms with Gasteiger partial charge in [0.25, 0.3) is 0 Å².